The molecule has 72 valence electrons. The summed E-state index contributed by atoms with van der Waals surface area (Å²) >= 11 is 1.81. The molecule has 0 aliphatic heterocycles. The number of hydrogen-bond donors (Lipinski definition) is 1. The van der Waals surface area contributed by atoms with E-state index in [0.717, 1.165) is 10.8 Å². The van der Waals surface area contributed by atoms with Gasteiger partial charge < -0.3 is 5.32 Å². The van der Waals surface area contributed by atoms with Crippen LogP contribution in [0.4, 0.5) is 0 Å². The Morgan fingerprint density at radius 1 is 1.54 bits per heavy atom. The summed E-state index contributed by atoms with van der Waals surface area (Å²) in [5, 5.41) is 4.33. The molecule has 1 heterocycles. The molecule has 1 atom stereocenters. The highest BCUT2D eigenvalue weighted by Crippen LogP contribution is 2.15. The van der Waals surface area contributed by atoms with Gasteiger partial charge in [0.25, 0.3) is 0 Å². The highest BCUT2D eigenvalue weighted by Gasteiger charge is 1.98. The van der Waals surface area contributed by atoms with Gasteiger partial charge in [-0.3, -0.25) is 0 Å². The topological polar surface area (TPSA) is 24.9 Å². The zero-order chi connectivity index (χ0) is 9.52. The summed E-state index contributed by atoms with van der Waals surface area (Å²) in [6, 6.07) is 6.61. The Bertz CT molecular complexity index is 226. The highest BCUT2D eigenvalue weighted by molar-refractivity contribution is 7.99. The molecule has 0 amide bonds. The smallest absolute Gasteiger partial charge is 0.0959 e. The van der Waals surface area contributed by atoms with E-state index < -0.39 is 0 Å². The fourth-order valence-electron chi connectivity index (χ4n) is 0.917. The van der Waals surface area contributed by atoms with E-state index in [4.69, 9.17) is 0 Å². The van der Waals surface area contributed by atoms with Crippen LogP contribution in [-0.4, -0.2) is 23.8 Å². The number of thioether (sulfide) groups is 1. The van der Waals surface area contributed by atoms with E-state index in [9.17, 15) is 0 Å². The van der Waals surface area contributed by atoms with E-state index in [2.05, 4.69) is 23.3 Å². The van der Waals surface area contributed by atoms with Crippen LogP contribution in [0.2, 0.25) is 0 Å². The van der Waals surface area contributed by atoms with Crippen LogP contribution in [0.3, 0.4) is 0 Å². The third kappa shape index (κ3) is 4.29. The minimum Gasteiger partial charge on any atom is -0.317 e. The quantitative estimate of drug-likeness (QED) is 0.731. The lowest BCUT2D eigenvalue weighted by atomic mass is 10.3. The van der Waals surface area contributed by atoms with Gasteiger partial charge in [-0.1, -0.05) is 6.07 Å². The molecule has 1 aromatic rings. The Kier molecular flexibility index (Phi) is 4.86. The first-order valence-electron chi connectivity index (χ1n) is 4.54. The van der Waals surface area contributed by atoms with Gasteiger partial charge in [0.2, 0.25) is 0 Å². The maximum atomic E-state index is 4.24. The summed E-state index contributed by atoms with van der Waals surface area (Å²) in [6.07, 6.45) is 3.02. The van der Waals surface area contributed by atoms with Gasteiger partial charge in [0.1, 0.15) is 0 Å². The minimum absolute atomic E-state index is 0.594. The van der Waals surface area contributed by atoms with E-state index in [-0.39, 0.29) is 0 Å². The predicted octanol–water partition coefficient (Wildman–Crippen LogP) is 2.17. The zero-order valence-electron chi connectivity index (χ0n) is 8.16. The summed E-state index contributed by atoms with van der Waals surface area (Å²) in [4.78, 5) is 4.24. The van der Waals surface area contributed by atoms with Gasteiger partial charge in [-0.2, -0.15) is 0 Å². The molecule has 3 heteroatoms. The van der Waals surface area contributed by atoms with Crippen LogP contribution in [0, 0.1) is 0 Å². The molecule has 0 bridgehead atoms. The van der Waals surface area contributed by atoms with Crippen LogP contribution >= 0.6 is 11.8 Å². The Morgan fingerprint density at radius 3 is 3.00 bits per heavy atom. The predicted molar refractivity (Wildman–Crippen MR) is 58.1 cm³/mol. The molecule has 1 N–H and O–H groups in total. The average Bonchev–Trinajstić information content (AvgIpc) is 2.19. The van der Waals surface area contributed by atoms with E-state index in [1.807, 2.05) is 37.1 Å². The van der Waals surface area contributed by atoms with Gasteiger partial charge in [0, 0.05) is 18.0 Å². The van der Waals surface area contributed by atoms with Crippen molar-refractivity contribution in [3.63, 3.8) is 0 Å². The summed E-state index contributed by atoms with van der Waals surface area (Å²) in [6.45, 7) is 2.19. The molecule has 0 radical (unpaired) electrons. The summed E-state index contributed by atoms with van der Waals surface area (Å²) in [7, 11) is 2.00. The summed E-state index contributed by atoms with van der Waals surface area (Å²) in [5.74, 6) is 1.12. The van der Waals surface area contributed by atoms with Crippen molar-refractivity contribution in [1.29, 1.82) is 0 Å². The normalized spacial score (nSPS) is 12.8. The van der Waals surface area contributed by atoms with Gasteiger partial charge in [0.05, 0.1) is 5.03 Å². The maximum Gasteiger partial charge on any atom is 0.0959 e. The molecular weight excluding hydrogens is 180 g/mol. The van der Waals surface area contributed by atoms with Crippen LogP contribution in [0.15, 0.2) is 29.4 Å². The van der Waals surface area contributed by atoms with Crippen molar-refractivity contribution in [3.8, 4) is 0 Å². The number of nitrogens with one attached hydrogen (secondary N) is 1. The molecule has 2 nitrogen and oxygen atoms in total. The van der Waals surface area contributed by atoms with Crippen LogP contribution in [0.25, 0.3) is 0 Å². The molecule has 0 saturated carbocycles. The SMILES string of the molecule is CNC(C)CCSc1ccccn1. The Labute approximate surface area is 84.1 Å². The second-order valence-electron chi connectivity index (χ2n) is 2.99. The molecule has 0 aromatic carbocycles. The van der Waals surface area contributed by atoms with E-state index in [1.165, 1.54) is 6.42 Å². The first kappa shape index (κ1) is 10.5. The number of nitrogens with zero attached hydrogens (tertiary/aromatic N) is 1. The zero-order valence-corrected chi connectivity index (χ0v) is 8.97. The Balaban J connectivity index is 2.20. The van der Waals surface area contributed by atoms with Crippen molar-refractivity contribution in [2.24, 2.45) is 0 Å². The molecule has 0 aliphatic carbocycles. The molecule has 0 fully saturated rings. The number of hydrogen-bond acceptors (Lipinski definition) is 3. The van der Waals surface area contributed by atoms with E-state index in [1.54, 1.807) is 0 Å². The Hall–Kier alpha value is -0.540. The molecule has 1 rings (SSSR count). The van der Waals surface area contributed by atoms with Gasteiger partial charge in [-0.15, -0.1) is 11.8 Å². The van der Waals surface area contributed by atoms with Crippen LogP contribution in [0.1, 0.15) is 13.3 Å². The minimum atomic E-state index is 0.594. The van der Waals surface area contributed by atoms with Gasteiger partial charge in [-0.25, -0.2) is 4.98 Å². The van der Waals surface area contributed by atoms with E-state index in [0.29, 0.717) is 6.04 Å². The van der Waals surface area contributed by atoms with Crippen molar-refractivity contribution in [1.82, 2.24) is 10.3 Å². The maximum absolute atomic E-state index is 4.24. The van der Waals surface area contributed by atoms with Gasteiger partial charge in [-0.05, 0) is 32.5 Å². The number of rotatable bonds is 5. The first-order chi connectivity index (χ1) is 6.33. The van der Waals surface area contributed by atoms with Crippen molar-refractivity contribution < 1.29 is 0 Å². The number of pyridine rings is 1. The third-order valence-electron chi connectivity index (χ3n) is 1.93. The molecule has 13 heavy (non-hydrogen) atoms. The monoisotopic (exact) mass is 196 g/mol. The second kappa shape index (κ2) is 6.00. The average molecular weight is 196 g/mol. The van der Waals surface area contributed by atoms with Crippen molar-refractivity contribution >= 4 is 11.8 Å². The molecule has 0 spiro atoms. The molecule has 1 aromatic heterocycles. The van der Waals surface area contributed by atoms with E-state index >= 15 is 0 Å². The lowest BCUT2D eigenvalue weighted by molar-refractivity contribution is 0.597. The molecule has 1 unspecified atom stereocenters. The van der Waals surface area contributed by atoms with Crippen molar-refractivity contribution in [3.05, 3.63) is 24.4 Å². The lowest BCUT2D eigenvalue weighted by Crippen LogP contribution is -2.21. The largest absolute Gasteiger partial charge is 0.317 e. The van der Waals surface area contributed by atoms with Gasteiger partial charge >= 0.3 is 0 Å². The lowest BCUT2D eigenvalue weighted by Gasteiger charge is -2.08. The van der Waals surface area contributed by atoms with Crippen LogP contribution in [0.5, 0.6) is 0 Å². The summed E-state index contributed by atoms with van der Waals surface area (Å²) < 4.78 is 0. The standard InChI is InChI=1S/C10H16N2S/c1-9(11-2)6-8-13-10-5-3-4-7-12-10/h3-5,7,9,11H,6,8H2,1-2H3. The molecular formula is C10H16N2S. The first-order valence-corrected chi connectivity index (χ1v) is 5.52. The van der Waals surface area contributed by atoms with Crippen LogP contribution < -0.4 is 5.32 Å². The third-order valence-corrected chi connectivity index (χ3v) is 2.91. The Morgan fingerprint density at radius 2 is 2.38 bits per heavy atom. The summed E-state index contributed by atoms with van der Waals surface area (Å²) in [5.41, 5.74) is 0. The fourth-order valence-corrected chi connectivity index (χ4v) is 1.91. The fraction of sp³-hybridized carbons (Fsp3) is 0.500. The van der Waals surface area contributed by atoms with Gasteiger partial charge in [0.15, 0.2) is 0 Å². The highest BCUT2D eigenvalue weighted by atomic mass is 32.2. The molecule has 0 saturated heterocycles. The van der Waals surface area contributed by atoms with Crippen molar-refractivity contribution in [2.75, 3.05) is 12.8 Å². The van der Waals surface area contributed by atoms with Crippen LogP contribution in [-0.2, 0) is 0 Å². The number of aromatic nitrogens is 1. The second-order valence-corrected chi connectivity index (χ2v) is 4.11. The van der Waals surface area contributed by atoms with Crippen molar-refractivity contribution in [2.45, 2.75) is 24.4 Å². The molecule has 0 aliphatic rings.